The first-order chi connectivity index (χ1) is 6.00. The summed E-state index contributed by atoms with van der Waals surface area (Å²) >= 11 is 0. The average molecular weight is 223 g/mol. The van der Waals surface area contributed by atoms with Gasteiger partial charge >= 0.3 is 23.7 Å². The minimum Gasteiger partial charge on any atom is -0.477 e. The molecular formula is C5HF6O3. The van der Waals surface area contributed by atoms with Gasteiger partial charge in [0.2, 0.25) is 0 Å². The molecule has 0 aliphatic rings. The number of carbonyl (C=O) groups excluding carboxylic acids is 1. The number of aliphatic carboxylic acids is 1. The molecule has 1 radical (unpaired) electrons. The van der Waals surface area contributed by atoms with Crippen molar-refractivity contribution in [3.8, 4) is 0 Å². The zero-order valence-electron chi connectivity index (χ0n) is 6.03. The van der Waals surface area contributed by atoms with Crippen molar-refractivity contribution >= 4 is 12.3 Å². The van der Waals surface area contributed by atoms with Crippen molar-refractivity contribution in [3.63, 3.8) is 0 Å². The van der Waals surface area contributed by atoms with Crippen LogP contribution < -0.4 is 0 Å². The lowest BCUT2D eigenvalue weighted by atomic mass is 10.1. The lowest BCUT2D eigenvalue weighted by Gasteiger charge is -2.25. The number of halogens is 6. The van der Waals surface area contributed by atoms with Crippen LogP contribution in [0, 0.1) is 0 Å². The third-order valence-corrected chi connectivity index (χ3v) is 1.19. The van der Waals surface area contributed by atoms with E-state index in [1.165, 1.54) is 0 Å². The molecule has 3 nitrogen and oxygen atoms in total. The van der Waals surface area contributed by atoms with E-state index >= 15 is 0 Å². The molecule has 0 saturated heterocycles. The van der Waals surface area contributed by atoms with Crippen LogP contribution in [-0.2, 0) is 9.59 Å². The second kappa shape index (κ2) is 3.14. The first-order valence-electron chi connectivity index (χ1n) is 2.77. The largest absolute Gasteiger partial charge is 0.477 e. The smallest absolute Gasteiger partial charge is 0.411 e. The van der Waals surface area contributed by atoms with E-state index in [1.807, 2.05) is 0 Å². The van der Waals surface area contributed by atoms with Gasteiger partial charge in [0, 0.05) is 0 Å². The van der Waals surface area contributed by atoms with E-state index in [4.69, 9.17) is 5.11 Å². The summed E-state index contributed by atoms with van der Waals surface area (Å²) in [5.41, 5.74) is 0. The van der Waals surface area contributed by atoms with Gasteiger partial charge in [-0.2, -0.15) is 26.3 Å². The Hall–Kier alpha value is -1.28. The molecule has 1 N–H and O–H groups in total. The van der Waals surface area contributed by atoms with E-state index in [2.05, 4.69) is 0 Å². The summed E-state index contributed by atoms with van der Waals surface area (Å²) < 4.78 is 71.9. The predicted molar refractivity (Wildman–Crippen MR) is 28.2 cm³/mol. The Morgan fingerprint density at radius 1 is 1.07 bits per heavy atom. The second-order valence-electron chi connectivity index (χ2n) is 2.13. The van der Waals surface area contributed by atoms with Crippen LogP contribution in [-0.4, -0.2) is 35.1 Å². The SMILES string of the molecule is O=[C]C(F)(F)C(F)(F)C(F)(F)C(=O)O. The molecule has 14 heavy (non-hydrogen) atoms. The third kappa shape index (κ3) is 1.53. The number of rotatable bonds is 4. The zero-order valence-corrected chi connectivity index (χ0v) is 6.03. The van der Waals surface area contributed by atoms with Gasteiger partial charge in [0.05, 0.1) is 0 Å². The van der Waals surface area contributed by atoms with Crippen LogP contribution in [0.5, 0.6) is 0 Å². The Kier molecular flexibility index (Phi) is 2.85. The van der Waals surface area contributed by atoms with Crippen LogP contribution in [0.3, 0.4) is 0 Å². The lowest BCUT2D eigenvalue weighted by molar-refractivity contribution is -0.281. The molecule has 0 aliphatic heterocycles. The fraction of sp³-hybridized carbons (Fsp3) is 0.600. The summed E-state index contributed by atoms with van der Waals surface area (Å²) in [7, 11) is 0. The molecule has 0 fully saturated rings. The Labute approximate surface area is 72.3 Å². The van der Waals surface area contributed by atoms with Gasteiger partial charge in [-0.3, -0.25) is 4.79 Å². The van der Waals surface area contributed by atoms with E-state index in [0.29, 0.717) is 0 Å². The summed E-state index contributed by atoms with van der Waals surface area (Å²) in [5, 5.41) is 7.54. The van der Waals surface area contributed by atoms with Gasteiger partial charge in [-0.15, -0.1) is 0 Å². The summed E-state index contributed by atoms with van der Waals surface area (Å²) in [4.78, 5) is 18.8. The maximum atomic E-state index is 12.1. The molecule has 0 amide bonds. The molecule has 0 aromatic heterocycles. The number of carboxylic acids is 1. The van der Waals surface area contributed by atoms with Crippen LogP contribution in [0.1, 0.15) is 0 Å². The molecule has 0 heterocycles. The van der Waals surface area contributed by atoms with Gasteiger partial charge in [-0.1, -0.05) is 0 Å². The monoisotopic (exact) mass is 223 g/mol. The van der Waals surface area contributed by atoms with Crippen molar-refractivity contribution in [2.75, 3.05) is 0 Å². The van der Waals surface area contributed by atoms with Crippen molar-refractivity contribution in [2.24, 2.45) is 0 Å². The van der Waals surface area contributed by atoms with Crippen molar-refractivity contribution < 1.29 is 41.0 Å². The molecule has 0 saturated carbocycles. The van der Waals surface area contributed by atoms with Gasteiger partial charge in [0.1, 0.15) is 0 Å². The Bertz CT molecular complexity index is 260. The second-order valence-corrected chi connectivity index (χ2v) is 2.13. The minimum absolute atomic E-state index is 0.634. The maximum Gasteiger partial charge on any atom is 0.411 e. The topological polar surface area (TPSA) is 54.4 Å². The fourth-order valence-corrected chi connectivity index (χ4v) is 0.396. The first-order valence-corrected chi connectivity index (χ1v) is 2.77. The van der Waals surface area contributed by atoms with Crippen molar-refractivity contribution in [1.82, 2.24) is 0 Å². The predicted octanol–water partition coefficient (Wildman–Crippen LogP) is 1.09. The molecular weight excluding hydrogens is 222 g/mol. The van der Waals surface area contributed by atoms with Crippen LogP contribution in [0.2, 0.25) is 0 Å². The lowest BCUT2D eigenvalue weighted by Crippen LogP contribution is -2.58. The van der Waals surface area contributed by atoms with E-state index < -0.39 is 30.0 Å². The summed E-state index contributed by atoms with van der Waals surface area (Å²) in [6.07, 6.45) is -0.634. The highest BCUT2D eigenvalue weighted by Gasteiger charge is 2.76. The standard InChI is InChI=1S/C5HF6O3/c6-3(7,1-12)5(10,11)4(8,9)2(13)14/h(H,13,14). The van der Waals surface area contributed by atoms with Gasteiger partial charge in [0.15, 0.2) is 0 Å². The van der Waals surface area contributed by atoms with Crippen molar-refractivity contribution in [1.29, 1.82) is 0 Å². The molecule has 0 spiro atoms. The zero-order chi connectivity index (χ0) is 11.8. The van der Waals surface area contributed by atoms with E-state index in [0.717, 1.165) is 0 Å². The van der Waals surface area contributed by atoms with E-state index in [1.54, 1.807) is 0 Å². The number of alkyl halides is 6. The summed E-state index contributed by atoms with van der Waals surface area (Å²) in [6, 6.07) is 0. The molecule has 0 aromatic carbocycles. The van der Waals surface area contributed by atoms with Crippen LogP contribution in [0.15, 0.2) is 0 Å². The fourth-order valence-electron chi connectivity index (χ4n) is 0.396. The van der Waals surface area contributed by atoms with Gasteiger partial charge < -0.3 is 5.11 Å². The van der Waals surface area contributed by atoms with Gasteiger partial charge in [-0.25, -0.2) is 4.79 Å². The molecule has 0 unspecified atom stereocenters. The minimum atomic E-state index is -6.33. The molecule has 0 aromatic rings. The number of carbonyl (C=O) groups is 1. The van der Waals surface area contributed by atoms with Gasteiger partial charge in [0.25, 0.3) is 6.29 Å². The van der Waals surface area contributed by atoms with Crippen LogP contribution in [0.25, 0.3) is 0 Å². The molecule has 0 aliphatic carbocycles. The number of hydrogen-bond donors (Lipinski definition) is 1. The molecule has 81 valence electrons. The Balaban J connectivity index is 5.35. The normalized spacial score (nSPS) is 13.9. The maximum absolute atomic E-state index is 12.1. The summed E-state index contributed by atoms with van der Waals surface area (Å²) in [5.74, 6) is -21.7. The molecule has 0 atom stereocenters. The summed E-state index contributed by atoms with van der Waals surface area (Å²) in [6.45, 7) is 0. The number of hydrogen-bond acceptors (Lipinski definition) is 2. The van der Waals surface area contributed by atoms with Crippen LogP contribution >= 0.6 is 0 Å². The molecule has 0 rings (SSSR count). The van der Waals surface area contributed by atoms with Crippen LogP contribution in [0.4, 0.5) is 26.3 Å². The third-order valence-electron chi connectivity index (χ3n) is 1.19. The van der Waals surface area contributed by atoms with E-state index in [9.17, 15) is 35.9 Å². The van der Waals surface area contributed by atoms with Gasteiger partial charge in [-0.05, 0) is 0 Å². The highest BCUT2D eigenvalue weighted by atomic mass is 19.3. The quantitative estimate of drug-likeness (QED) is 0.725. The number of carboxylic acid groups (broad SMARTS) is 1. The Morgan fingerprint density at radius 2 is 1.43 bits per heavy atom. The first kappa shape index (κ1) is 12.7. The van der Waals surface area contributed by atoms with Crippen molar-refractivity contribution in [2.45, 2.75) is 17.8 Å². The molecule has 0 bridgehead atoms. The highest BCUT2D eigenvalue weighted by Crippen LogP contribution is 2.44. The van der Waals surface area contributed by atoms with E-state index in [-0.39, 0.29) is 0 Å². The molecule has 9 heteroatoms. The highest BCUT2D eigenvalue weighted by molar-refractivity contribution is 5.79. The average Bonchev–Trinajstić information content (AvgIpc) is 2.03. The van der Waals surface area contributed by atoms with Crippen molar-refractivity contribution in [3.05, 3.63) is 0 Å². The Morgan fingerprint density at radius 3 is 1.64 bits per heavy atom.